The van der Waals surface area contributed by atoms with Crippen LogP contribution in [0, 0.1) is 6.92 Å². The number of fused-ring (bicyclic) bond motifs is 1. The van der Waals surface area contributed by atoms with Gasteiger partial charge < -0.3 is 4.74 Å². The first-order valence-corrected chi connectivity index (χ1v) is 9.44. The predicted octanol–water partition coefficient (Wildman–Crippen LogP) is 5.44. The van der Waals surface area contributed by atoms with Gasteiger partial charge in [-0.2, -0.15) is 0 Å². The molecule has 0 aliphatic carbocycles. The van der Waals surface area contributed by atoms with Gasteiger partial charge in [0.05, 0.1) is 10.2 Å². The monoisotopic (exact) mass is 374 g/mol. The fourth-order valence-electron chi connectivity index (χ4n) is 2.72. The van der Waals surface area contributed by atoms with E-state index in [1.165, 1.54) is 16.9 Å². The lowest BCUT2D eigenvalue weighted by atomic mass is 10.2. The fraction of sp³-hybridized carbons (Fsp3) is 0.0909. The average Bonchev–Trinajstić information content (AvgIpc) is 3.08. The van der Waals surface area contributed by atoms with Crippen LogP contribution in [0.4, 0.5) is 5.13 Å². The van der Waals surface area contributed by atoms with Crippen molar-refractivity contribution < 1.29 is 9.53 Å². The van der Waals surface area contributed by atoms with E-state index in [0.717, 1.165) is 15.8 Å². The van der Waals surface area contributed by atoms with E-state index in [1.807, 2.05) is 61.5 Å². The highest BCUT2D eigenvalue weighted by molar-refractivity contribution is 7.22. The lowest BCUT2D eigenvalue weighted by molar-refractivity contribution is 0.102. The summed E-state index contributed by atoms with van der Waals surface area (Å²) in [7, 11) is 0. The molecule has 0 bridgehead atoms. The van der Waals surface area contributed by atoms with Crippen molar-refractivity contribution in [2.75, 3.05) is 5.32 Å². The molecule has 4 rings (SSSR count). The molecule has 1 aromatic heterocycles. The van der Waals surface area contributed by atoms with Crippen LogP contribution < -0.4 is 10.1 Å². The first-order chi connectivity index (χ1) is 13.2. The Kier molecular flexibility index (Phi) is 4.85. The number of aryl methyl sites for hydroxylation is 1. The Labute approximate surface area is 161 Å². The molecule has 0 atom stereocenters. The zero-order valence-corrected chi connectivity index (χ0v) is 15.6. The summed E-state index contributed by atoms with van der Waals surface area (Å²) in [6, 6.07) is 23.2. The van der Waals surface area contributed by atoms with Gasteiger partial charge in [0, 0.05) is 5.56 Å². The predicted molar refractivity (Wildman–Crippen MR) is 110 cm³/mol. The van der Waals surface area contributed by atoms with E-state index < -0.39 is 0 Å². The SMILES string of the molecule is Cc1ccc2nc(NC(=O)c3cccc(OCc4ccccc4)c3)sc2c1. The van der Waals surface area contributed by atoms with Crippen molar-refractivity contribution in [1.82, 2.24) is 4.98 Å². The Morgan fingerprint density at radius 1 is 1.04 bits per heavy atom. The van der Waals surface area contributed by atoms with Gasteiger partial charge in [-0.25, -0.2) is 4.98 Å². The van der Waals surface area contributed by atoms with Gasteiger partial charge in [0.1, 0.15) is 12.4 Å². The molecule has 4 aromatic rings. The minimum Gasteiger partial charge on any atom is -0.489 e. The van der Waals surface area contributed by atoms with Gasteiger partial charge in [0.25, 0.3) is 5.91 Å². The van der Waals surface area contributed by atoms with E-state index in [0.29, 0.717) is 23.1 Å². The highest BCUT2D eigenvalue weighted by Gasteiger charge is 2.11. The standard InChI is InChI=1S/C22H18N2O2S/c1-15-10-11-19-20(12-15)27-22(23-19)24-21(25)17-8-5-9-18(13-17)26-14-16-6-3-2-4-7-16/h2-13H,14H2,1H3,(H,23,24,25). The number of nitrogens with one attached hydrogen (secondary N) is 1. The number of aromatic nitrogens is 1. The van der Waals surface area contributed by atoms with Gasteiger partial charge in [-0.15, -0.1) is 0 Å². The molecule has 4 nitrogen and oxygen atoms in total. The molecule has 134 valence electrons. The van der Waals surface area contributed by atoms with Crippen molar-refractivity contribution in [1.29, 1.82) is 0 Å². The topological polar surface area (TPSA) is 51.2 Å². The fourth-order valence-corrected chi connectivity index (χ4v) is 3.68. The maximum Gasteiger partial charge on any atom is 0.257 e. The minimum absolute atomic E-state index is 0.198. The van der Waals surface area contributed by atoms with Crippen LogP contribution in [0.15, 0.2) is 72.8 Å². The summed E-state index contributed by atoms with van der Waals surface area (Å²) in [4.78, 5) is 17.1. The van der Waals surface area contributed by atoms with E-state index in [9.17, 15) is 4.79 Å². The molecular formula is C22H18N2O2S. The number of nitrogens with zero attached hydrogens (tertiary/aromatic N) is 1. The van der Waals surface area contributed by atoms with Crippen molar-refractivity contribution in [3.8, 4) is 5.75 Å². The third-order valence-corrected chi connectivity index (χ3v) is 5.04. The third kappa shape index (κ3) is 4.15. The van der Waals surface area contributed by atoms with Crippen LogP contribution in [-0.4, -0.2) is 10.9 Å². The number of carbonyl (C=O) groups is 1. The highest BCUT2D eigenvalue weighted by Crippen LogP contribution is 2.27. The number of amides is 1. The number of carbonyl (C=O) groups excluding carboxylic acids is 1. The summed E-state index contributed by atoms with van der Waals surface area (Å²) in [5, 5.41) is 3.47. The van der Waals surface area contributed by atoms with Crippen LogP contribution in [0.5, 0.6) is 5.75 Å². The molecule has 0 aliphatic heterocycles. The van der Waals surface area contributed by atoms with Crippen molar-refractivity contribution in [3.63, 3.8) is 0 Å². The summed E-state index contributed by atoms with van der Waals surface area (Å²) in [5.74, 6) is 0.461. The molecule has 1 N–H and O–H groups in total. The molecule has 1 heterocycles. The quantitative estimate of drug-likeness (QED) is 0.506. The van der Waals surface area contributed by atoms with E-state index in [-0.39, 0.29) is 5.91 Å². The molecular weight excluding hydrogens is 356 g/mol. The molecule has 0 radical (unpaired) electrons. The van der Waals surface area contributed by atoms with Crippen LogP contribution in [0.2, 0.25) is 0 Å². The first kappa shape index (κ1) is 17.2. The van der Waals surface area contributed by atoms with E-state index in [4.69, 9.17) is 4.74 Å². The maximum absolute atomic E-state index is 12.6. The molecule has 0 spiro atoms. The third-order valence-electron chi connectivity index (χ3n) is 4.11. The van der Waals surface area contributed by atoms with Gasteiger partial charge >= 0.3 is 0 Å². The van der Waals surface area contributed by atoms with E-state index in [2.05, 4.69) is 16.4 Å². The van der Waals surface area contributed by atoms with Crippen LogP contribution in [-0.2, 0) is 6.61 Å². The largest absolute Gasteiger partial charge is 0.489 e. The van der Waals surface area contributed by atoms with Crippen LogP contribution in [0.1, 0.15) is 21.5 Å². The second kappa shape index (κ2) is 7.60. The number of hydrogen-bond donors (Lipinski definition) is 1. The Morgan fingerprint density at radius 3 is 2.74 bits per heavy atom. The van der Waals surface area contributed by atoms with Gasteiger partial charge in [-0.3, -0.25) is 10.1 Å². The lowest BCUT2D eigenvalue weighted by Gasteiger charge is -2.08. The van der Waals surface area contributed by atoms with E-state index in [1.54, 1.807) is 12.1 Å². The Balaban J connectivity index is 1.46. The molecule has 0 fully saturated rings. The van der Waals surface area contributed by atoms with Crippen molar-refractivity contribution in [2.45, 2.75) is 13.5 Å². The number of anilines is 1. The maximum atomic E-state index is 12.6. The zero-order valence-electron chi connectivity index (χ0n) is 14.8. The van der Waals surface area contributed by atoms with Crippen molar-refractivity contribution in [2.24, 2.45) is 0 Å². The molecule has 27 heavy (non-hydrogen) atoms. The smallest absolute Gasteiger partial charge is 0.257 e. The molecule has 0 saturated carbocycles. The Bertz CT molecular complexity index is 1090. The van der Waals surface area contributed by atoms with E-state index >= 15 is 0 Å². The minimum atomic E-state index is -0.198. The molecule has 0 saturated heterocycles. The van der Waals surface area contributed by atoms with Crippen molar-refractivity contribution >= 4 is 32.6 Å². The second-order valence-corrected chi connectivity index (χ2v) is 7.28. The summed E-state index contributed by atoms with van der Waals surface area (Å²) >= 11 is 1.47. The summed E-state index contributed by atoms with van der Waals surface area (Å²) in [6.07, 6.45) is 0. The van der Waals surface area contributed by atoms with Crippen LogP contribution in [0.25, 0.3) is 10.2 Å². The number of thiazole rings is 1. The number of benzene rings is 3. The van der Waals surface area contributed by atoms with Gasteiger partial charge in [-0.1, -0.05) is 53.8 Å². The Morgan fingerprint density at radius 2 is 1.89 bits per heavy atom. The Hall–Kier alpha value is -3.18. The average molecular weight is 374 g/mol. The van der Waals surface area contributed by atoms with Crippen molar-refractivity contribution in [3.05, 3.63) is 89.5 Å². The van der Waals surface area contributed by atoms with Crippen LogP contribution in [0.3, 0.4) is 0 Å². The number of ether oxygens (including phenoxy) is 1. The number of hydrogen-bond acceptors (Lipinski definition) is 4. The van der Waals surface area contributed by atoms with Gasteiger partial charge in [-0.05, 0) is 48.4 Å². The summed E-state index contributed by atoms with van der Waals surface area (Å²) in [6.45, 7) is 2.50. The summed E-state index contributed by atoms with van der Waals surface area (Å²) < 4.78 is 6.86. The lowest BCUT2D eigenvalue weighted by Crippen LogP contribution is -2.11. The zero-order chi connectivity index (χ0) is 18.6. The second-order valence-electron chi connectivity index (χ2n) is 6.25. The highest BCUT2D eigenvalue weighted by atomic mass is 32.1. The normalized spacial score (nSPS) is 10.7. The molecule has 3 aromatic carbocycles. The molecule has 5 heteroatoms. The van der Waals surface area contributed by atoms with Gasteiger partial charge in [0.2, 0.25) is 0 Å². The first-order valence-electron chi connectivity index (χ1n) is 8.63. The van der Waals surface area contributed by atoms with Gasteiger partial charge in [0.15, 0.2) is 5.13 Å². The molecule has 0 aliphatic rings. The summed E-state index contributed by atoms with van der Waals surface area (Å²) in [5.41, 5.74) is 3.68. The van der Waals surface area contributed by atoms with Crippen LogP contribution >= 0.6 is 11.3 Å². The number of rotatable bonds is 5. The molecule has 1 amide bonds. The molecule has 0 unspecified atom stereocenters.